The predicted molar refractivity (Wildman–Crippen MR) is 64.5 cm³/mol. The first-order valence-electron chi connectivity index (χ1n) is 6.18. The lowest BCUT2D eigenvalue weighted by Crippen LogP contribution is -2.39. The summed E-state index contributed by atoms with van der Waals surface area (Å²) in [6, 6.07) is 8.37. The predicted octanol–water partition coefficient (Wildman–Crippen LogP) is 2.32. The van der Waals surface area contributed by atoms with Crippen molar-refractivity contribution in [2.75, 3.05) is 6.61 Å². The van der Waals surface area contributed by atoms with Gasteiger partial charge in [-0.25, -0.2) is 0 Å². The third kappa shape index (κ3) is 1.52. The van der Waals surface area contributed by atoms with Crippen molar-refractivity contribution in [2.24, 2.45) is 11.1 Å². The Morgan fingerprint density at radius 1 is 1.41 bits per heavy atom. The summed E-state index contributed by atoms with van der Waals surface area (Å²) in [7, 11) is 0. The summed E-state index contributed by atoms with van der Waals surface area (Å²) in [6.07, 6.45) is 3.93. The minimum atomic E-state index is -0.326. The molecule has 1 aromatic carbocycles. The first-order valence-corrected chi connectivity index (χ1v) is 6.18. The number of benzene rings is 1. The largest absolute Gasteiger partial charge is 0.493 e. The van der Waals surface area contributed by atoms with Gasteiger partial charge in [0.05, 0.1) is 18.1 Å². The number of hydrogen-bond donors (Lipinski definition) is 1. The Morgan fingerprint density at radius 2 is 2.24 bits per heavy atom. The van der Waals surface area contributed by atoms with E-state index < -0.39 is 0 Å². The highest BCUT2D eigenvalue weighted by molar-refractivity contribution is 5.41. The molecule has 1 fully saturated rings. The molecule has 1 atom stereocenters. The lowest BCUT2D eigenvalue weighted by atomic mass is 9.63. The summed E-state index contributed by atoms with van der Waals surface area (Å²) in [6.45, 7) is 0.761. The van der Waals surface area contributed by atoms with Gasteiger partial charge in [-0.1, -0.05) is 18.6 Å². The third-order valence-electron chi connectivity index (χ3n) is 4.14. The highest BCUT2D eigenvalue weighted by atomic mass is 16.5. The molecule has 1 saturated carbocycles. The molecule has 3 rings (SSSR count). The molecule has 0 aromatic heterocycles. The van der Waals surface area contributed by atoms with Crippen LogP contribution in [0.3, 0.4) is 0 Å². The summed E-state index contributed by atoms with van der Waals surface area (Å²) < 4.78 is 5.48. The molecule has 0 saturated heterocycles. The van der Waals surface area contributed by atoms with Crippen LogP contribution in [-0.2, 0) is 6.42 Å². The van der Waals surface area contributed by atoms with E-state index in [2.05, 4.69) is 12.1 Å². The van der Waals surface area contributed by atoms with Crippen molar-refractivity contribution in [3.05, 3.63) is 29.3 Å². The zero-order valence-electron chi connectivity index (χ0n) is 9.78. The quantitative estimate of drug-likeness (QED) is 0.845. The van der Waals surface area contributed by atoms with Crippen molar-refractivity contribution in [1.29, 1.82) is 5.26 Å². The molecule has 2 N–H and O–H groups in total. The molecular weight excluding hydrogens is 212 g/mol. The Bertz CT molecular complexity index is 485. The normalized spacial score (nSPS) is 21.9. The van der Waals surface area contributed by atoms with Gasteiger partial charge in [0.2, 0.25) is 0 Å². The minimum Gasteiger partial charge on any atom is -0.493 e. The zero-order chi connectivity index (χ0) is 11.9. The van der Waals surface area contributed by atoms with Crippen LogP contribution in [0.5, 0.6) is 5.75 Å². The molecule has 1 aliphatic carbocycles. The van der Waals surface area contributed by atoms with E-state index in [1.54, 1.807) is 0 Å². The van der Waals surface area contributed by atoms with Gasteiger partial charge in [-0.3, -0.25) is 0 Å². The van der Waals surface area contributed by atoms with E-state index in [9.17, 15) is 5.26 Å². The van der Waals surface area contributed by atoms with Crippen LogP contribution in [0.15, 0.2) is 18.2 Å². The van der Waals surface area contributed by atoms with E-state index in [0.717, 1.165) is 43.6 Å². The van der Waals surface area contributed by atoms with Gasteiger partial charge in [0.25, 0.3) is 0 Å². The Balaban J connectivity index is 1.92. The van der Waals surface area contributed by atoms with Crippen LogP contribution in [0.1, 0.15) is 36.4 Å². The number of nitriles is 1. The van der Waals surface area contributed by atoms with E-state index in [0.29, 0.717) is 0 Å². The second-order valence-corrected chi connectivity index (χ2v) is 5.06. The molecule has 0 spiro atoms. The van der Waals surface area contributed by atoms with Gasteiger partial charge >= 0.3 is 0 Å². The van der Waals surface area contributed by atoms with Gasteiger partial charge in [-0.2, -0.15) is 5.26 Å². The van der Waals surface area contributed by atoms with Crippen LogP contribution in [0, 0.1) is 16.7 Å². The molecule has 17 heavy (non-hydrogen) atoms. The second kappa shape index (κ2) is 3.75. The first-order chi connectivity index (χ1) is 8.25. The maximum atomic E-state index is 9.31. The summed E-state index contributed by atoms with van der Waals surface area (Å²) in [5, 5.41) is 9.31. The van der Waals surface area contributed by atoms with E-state index in [1.807, 2.05) is 12.1 Å². The van der Waals surface area contributed by atoms with Crippen LogP contribution in [-0.4, -0.2) is 6.61 Å². The van der Waals surface area contributed by atoms with Crippen molar-refractivity contribution in [2.45, 2.75) is 31.7 Å². The van der Waals surface area contributed by atoms with Gasteiger partial charge in [0.1, 0.15) is 5.75 Å². The molecule has 0 radical (unpaired) electrons. The molecule has 0 bridgehead atoms. The summed E-state index contributed by atoms with van der Waals surface area (Å²) in [5.74, 6) is 0.973. The molecule has 0 amide bonds. The Hall–Kier alpha value is -1.53. The number of rotatable bonds is 2. The van der Waals surface area contributed by atoms with Crippen molar-refractivity contribution in [3.8, 4) is 11.8 Å². The van der Waals surface area contributed by atoms with E-state index in [4.69, 9.17) is 10.5 Å². The van der Waals surface area contributed by atoms with Gasteiger partial charge in [0.15, 0.2) is 0 Å². The number of nitrogens with two attached hydrogens (primary N) is 1. The number of ether oxygens (including phenoxy) is 1. The van der Waals surface area contributed by atoms with Gasteiger partial charge in [-0.15, -0.1) is 0 Å². The van der Waals surface area contributed by atoms with Gasteiger partial charge < -0.3 is 10.5 Å². The van der Waals surface area contributed by atoms with Crippen molar-refractivity contribution in [1.82, 2.24) is 0 Å². The molecule has 3 heteroatoms. The molecule has 1 aromatic rings. The van der Waals surface area contributed by atoms with E-state index in [1.165, 1.54) is 5.56 Å². The fourth-order valence-electron chi connectivity index (χ4n) is 2.77. The highest BCUT2D eigenvalue weighted by Crippen LogP contribution is 2.49. The van der Waals surface area contributed by atoms with Crippen molar-refractivity contribution >= 4 is 0 Å². The van der Waals surface area contributed by atoms with Crippen molar-refractivity contribution in [3.63, 3.8) is 0 Å². The Labute approximate surface area is 101 Å². The Morgan fingerprint density at radius 3 is 2.88 bits per heavy atom. The SMILES string of the molecule is N#CC1(C(N)c2ccc3c(c2)CCO3)CCC1. The standard InChI is InChI=1S/C14H16N2O/c15-9-14(5-1-6-14)13(16)11-2-3-12-10(8-11)4-7-17-12/h2-3,8,13H,1,4-7,16H2. The number of fused-ring (bicyclic) bond motifs is 1. The van der Waals surface area contributed by atoms with Gasteiger partial charge in [-0.05, 0) is 30.0 Å². The van der Waals surface area contributed by atoms with Gasteiger partial charge in [0, 0.05) is 12.5 Å². The summed E-state index contributed by atoms with van der Waals surface area (Å²) in [5.41, 5.74) is 8.26. The second-order valence-electron chi connectivity index (χ2n) is 5.06. The lowest BCUT2D eigenvalue weighted by molar-refractivity contribution is 0.169. The van der Waals surface area contributed by atoms with Crippen molar-refractivity contribution < 1.29 is 4.74 Å². The maximum Gasteiger partial charge on any atom is 0.122 e. The molecule has 1 aliphatic heterocycles. The third-order valence-corrected chi connectivity index (χ3v) is 4.14. The molecule has 2 aliphatic rings. The van der Waals surface area contributed by atoms with Crippen LogP contribution < -0.4 is 10.5 Å². The van der Waals surface area contributed by atoms with E-state index >= 15 is 0 Å². The molecule has 3 nitrogen and oxygen atoms in total. The van der Waals surface area contributed by atoms with Crippen LogP contribution in [0.4, 0.5) is 0 Å². The maximum absolute atomic E-state index is 9.31. The fourth-order valence-corrected chi connectivity index (χ4v) is 2.77. The topological polar surface area (TPSA) is 59.0 Å². The minimum absolute atomic E-state index is 0.160. The Kier molecular flexibility index (Phi) is 2.34. The highest BCUT2D eigenvalue weighted by Gasteiger charge is 2.43. The fraction of sp³-hybridized carbons (Fsp3) is 0.500. The average molecular weight is 228 g/mol. The lowest BCUT2D eigenvalue weighted by Gasteiger charge is -2.40. The molecule has 88 valence electrons. The molecular formula is C14H16N2O. The number of hydrogen-bond acceptors (Lipinski definition) is 3. The summed E-state index contributed by atoms with van der Waals surface area (Å²) >= 11 is 0. The smallest absolute Gasteiger partial charge is 0.122 e. The van der Waals surface area contributed by atoms with E-state index in [-0.39, 0.29) is 11.5 Å². The number of nitrogens with zero attached hydrogens (tertiary/aromatic N) is 1. The summed E-state index contributed by atoms with van der Waals surface area (Å²) in [4.78, 5) is 0. The van der Waals surface area contributed by atoms with Crippen LogP contribution in [0.25, 0.3) is 0 Å². The molecule has 1 unspecified atom stereocenters. The first kappa shape index (κ1) is 10.6. The van der Waals surface area contributed by atoms with Crippen LogP contribution >= 0.6 is 0 Å². The zero-order valence-corrected chi connectivity index (χ0v) is 9.78. The van der Waals surface area contributed by atoms with Crippen LogP contribution in [0.2, 0.25) is 0 Å². The monoisotopic (exact) mass is 228 g/mol. The molecule has 1 heterocycles. The average Bonchev–Trinajstić information content (AvgIpc) is 2.74.